The van der Waals surface area contributed by atoms with Gasteiger partial charge in [-0.05, 0) is 20.3 Å². The summed E-state index contributed by atoms with van der Waals surface area (Å²) < 4.78 is 0. The van der Waals surface area contributed by atoms with E-state index in [-0.39, 0.29) is 0 Å². The molecule has 0 spiro atoms. The number of carboxylic acids is 4. The largest absolute Gasteiger partial charge is 0.481 e. The predicted octanol–water partition coefficient (Wildman–Crippen LogP) is -0.0265. The molecule has 1 aliphatic carbocycles. The third-order valence-corrected chi connectivity index (χ3v) is 4.43. The molecular formula is C11H14O8. The molecule has 1 rings (SSSR count). The van der Waals surface area contributed by atoms with Crippen LogP contribution in [0.4, 0.5) is 0 Å². The Morgan fingerprint density at radius 2 is 1.05 bits per heavy atom. The zero-order chi connectivity index (χ0) is 15.2. The van der Waals surface area contributed by atoms with Crippen molar-refractivity contribution in [3.8, 4) is 0 Å². The van der Waals surface area contributed by atoms with E-state index in [1.165, 1.54) is 0 Å². The minimum atomic E-state index is -2.20. The highest BCUT2D eigenvalue weighted by Crippen LogP contribution is 2.59. The summed E-state index contributed by atoms with van der Waals surface area (Å²) in [7, 11) is 0. The minimum Gasteiger partial charge on any atom is -0.481 e. The van der Waals surface area contributed by atoms with Gasteiger partial charge in [0.25, 0.3) is 0 Å². The zero-order valence-corrected chi connectivity index (χ0v) is 10.3. The van der Waals surface area contributed by atoms with Crippen molar-refractivity contribution >= 4 is 23.9 Å². The Kier molecular flexibility index (Phi) is 3.31. The summed E-state index contributed by atoms with van der Waals surface area (Å²) in [6.45, 7) is 1.95. The fraction of sp³-hybridized carbons (Fsp3) is 0.636. The normalized spacial score (nSPS) is 37.8. The van der Waals surface area contributed by atoms with E-state index >= 15 is 0 Å². The van der Waals surface area contributed by atoms with Gasteiger partial charge in [-0.3, -0.25) is 19.2 Å². The van der Waals surface area contributed by atoms with E-state index in [1.807, 2.05) is 0 Å². The summed E-state index contributed by atoms with van der Waals surface area (Å²) in [5.74, 6) is -9.44. The highest BCUT2D eigenvalue weighted by Gasteiger charge is 2.72. The smallest absolute Gasteiger partial charge is 0.311 e. The van der Waals surface area contributed by atoms with Crippen molar-refractivity contribution in [2.45, 2.75) is 20.3 Å². The molecule has 0 aliphatic heterocycles. The summed E-state index contributed by atoms with van der Waals surface area (Å²) in [6.07, 6.45) is -0.531. The number of rotatable bonds is 4. The monoisotopic (exact) mass is 274 g/mol. The van der Waals surface area contributed by atoms with Gasteiger partial charge in [0.15, 0.2) is 0 Å². The molecule has 4 N–H and O–H groups in total. The molecule has 4 unspecified atom stereocenters. The maximum Gasteiger partial charge on any atom is 0.311 e. The Balaban J connectivity index is 3.58. The molecule has 0 heterocycles. The van der Waals surface area contributed by atoms with E-state index in [4.69, 9.17) is 10.2 Å². The van der Waals surface area contributed by atoms with Crippen molar-refractivity contribution < 1.29 is 39.6 Å². The van der Waals surface area contributed by atoms with Gasteiger partial charge >= 0.3 is 23.9 Å². The molecule has 19 heavy (non-hydrogen) atoms. The molecule has 8 heteroatoms. The first-order valence-electron chi connectivity index (χ1n) is 5.43. The quantitative estimate of drug-likeness (QED) is 0.558. The van der Waals surface area contributed by atoms with Gasteiger partial charge in [-0.1, -0.05) is 0 Å². The van der Waals surface area contributed by atoms with E-state index in [2.05, 4.69) is 0 Å². The van der Waals surface area contributed by atoms with Crippen LogP contribution in [0.1, 0.15) is 20.3 Å². The van der Waals surface area contributed by atoms with Crippen LogP contribution in [0.2, 0.25) is 0 Å². The topological polar surface area (TPSA) is 149 Å². The number of carboxylic acid groups (broad SMARTS) is 4. The molecule has 106 valence electrons. The van der Waals surface area contributed by atoms with Crippen LogP contribution in [0.5, 0.6) is 0 Å². The van der Waals surface area contributed by atoms with Gasteiger partial charge in [-0.2, -0.15) is 0 Å². The van der Waals surface area contributed by atoms with Crippen molar-refractivity contribution in [2.24, 2.45) is 22.7 Å². The lowest BCUT2D eigenvalue weighted by Gasteiger charge is -2.37. The van der Waals surface area contributed by atoms with Gasteiger partial charge in [0.2, 0.25) is 0 Å². The molecule has 1 aliphatic rings. The lowest BCUT2D eigenvalue weighted by atomic mass is 9.62. The Morgan fingerprint density at radius 3 is 1.21 bits per heavy atom. The zero-order valence-electron chi connectivity index (χ0n) is 10.3. The molecule has 0 saturated heterocycles. The molecule has 0 radical (unpaired) electrons. The van der Waals surface area contributed by atoms with Crippen LogP contribution in [-0.2, 0) is 19.2 Å². The van der Waals surface area contributed by atoms with Crippen LogP contribution >= 0.6 is 0 Å². The Bertz CT molecular complexity index is 427. The van der Waals surface area contributed by atoms with Crippen LogP contribution < -0.4 is 0 Å². The Morgan fingerprint density at radius 1 is 0.789 bits per heavy atom. The van der Waals surface area contributed by atoms with Gasteiger partial charge in [-0.25, -0.2) is 0 Å². The molecule has 8 nitrogen and oxygen atoms in total. The summed E-state index contributed by atoms with van der Waals surface area (Å²) in [4.78, 5) is 45.1. The SMILES string of the molecule is CC1(C(=O)O)C(C(=O)O)CC(C(=O)O)C1(C)C(=O)O. The van der Waals surface area contributed by atoms with Crippen molar-refractivity contribution in [2.75, 3.05) is 0 Å². The second kappa shape index (κ2) is 4.22. The lowest BCUT2D eigenvalue weighted by molar-refractivity contribution is -0.180. The maximum atomic E-state index is 11.4. The summed E-state index contributed by atoms with van der Waals surface area (Å²) in [6, 6.07) is 0. The third-order valence-electron chi connectivity index (χ3n) is 4.43. The van der Waals surface area contributed by atoms with E-state index in [0.717, 1.165) is 13.8 Å². The van der Waals surface area contributed by atoms with E-state index in [0.29, 0.717) is 0 Å². The van der Waals surface area contributed by atoms with Crippen LogP contribution in [-0.4, -0.2) is 44.3 Å². The summed E-state index contributed by atoms with van der Waals surface area (Å²) >= 11 is 0. The number of hydrogen-bond donors (Lipinski definition) is 4. The van der Waals surface area contributed by atoms with E-state index in [1.54, 1.807) is 0 Å². The van der Waals surface area contributed by atoms with Gasteiger partial charge in [-0.15, -0.1) is 0 Å². The third kappa shape index (κ3) is 1.66. The number of carbonyl (C=O) groups is 4. The van der Waals surface area contributed by atoms with Crippen molar-refractivity contribution in [1.29, 1.82) is 0 Å². The fourth-order valence-corrected chi connectivity index (χ4v) is 2.87. The molecule has 4 atom stereocenters. The highest BCUT2D eigenvalue weighted by molar-refractivity contribution is 5.95. The summed E-state index contributed by atoms with van der Waals surface area (Å²) in [5, 5.41) is 36.6. The Labute approximate surface area is 107 Å². The van der Waals surface area contributed by atoms with E-state index in [9.17, 15) is 29.4 Å². The molecule has 0 aromatic heterocycles. The molecule has 0 aromatic rings. The molecule has 0 aromatic carbocycles. The van der Waals surface area contributed by atoms with Crippen molar-refractivity contribution in [1.82, 2.24) is 0 Å². The lowest BCUT2D eigenvalue weighted by Crippen LogP contribution is -2.53. The standard InChI is InChI=1S/C11H14O8/c1-10(8(16)17)4(6(12)13)3-5(7(14)15)11(10,2)9(18)19/h4-5H,3H2,1-2H3,(H,12,13)(H,14,15)(H,16,17)(H,18,19). The first kappa shape index (κ1) is 14.9. The average Bonchev–Trinajstić information content (AvgIpc) is 2.51. The van der Waals surface area contributed by atoms with Gasteiger partial charge in [0.05, 0.1) is 22.7 Å². The van der Waals surface area contributed by atoms with Crippen molar-refractivity contribution in [3.63, 3.8) is 0 Å². The first-order valence-corrected chi connectivity index (χ1v) is 5.43. The second-order valence-corrected chi connectivity index (χ2v) is 5.03. The number of hydrogen-bond acceptors (Lipinski definition) is 4. The van der Waals surface area contributed by atoms with E-state index < -0.39 is 53.0 Å². The van der Waals surface area contributed by atoms with Gasteiger partial charge in [0, 0.05) is 0 Å². The highest BCUT2D eigenvalue weighted by atomic mass is 16.4. The predicted molar refractivity (Wildman–Crippen MR) is 58.4 cm³/mol. The average molecular weight is 274 g/mol. The molecule has 0 amide bonds. The van der Waals surface area contributed by atoms with Crippen LogP contribution in [0.3, 0.4) is 0 Å². The molecule has 0 bridgehead atoms. The van der Waals surface area contributed by atoms with Crippen molar-refractivity contribution in [3.05, 3.63) is 0 Å². The minimum absolute atomic E-state index is 0.531. The summed E-state index contributed by atoms with van der Waals surface area (Å²) in [5.41, 5.74) is -4.40. The first-order chi connectivity index (χ1) is 8.51. The van der Waals surface area contributed by atoms with Crippen LogP contribution in [0.15, 0.2) is 0 Å². The number of aliphatic carboxylic acids is 4. The molecule has 1 fully saturated rings. The van der Waals surface area contributed by atoms with Gasteiger partial charge in [0.1, 0.15) is 0 Å². The van der Waals surface area contributed by atoms with Gasteiger partial charge < -0.3 is 20.4 Å². The Hall–Kier alpha value is -2.12. The second-order valence-electron chi connectivity index (χ2n) is 5.03. The maximum absolute atomic E-state index is 11.4. The van der Waals surface area contributed by atoms with Crippen LogP contribution in [0.25, 0.3) is 0 Å². The fourth-order valence-electron chi connectivity index (χ4n) is 2.87. The molecule has 1 saturated carbocycles. The molecular weight excluding hydrogens is 260 g/mol. The van der Waals surface area contributed by atoms with Crippen LogP contribution in [0, 0.1) is 22.7 Å².